The Bertz CT molecular complexity index is 397. The Kier molecular flexibility index (Phi) is 4.74. The zero-order chi connectivity index (χ0) is 13.0. The van der Waals surface area contributed by atoms with Crippen LogP contribution in [0.15, 0.2) is 12.1 Å². The maximum absolute atomic E-state index is 12.1. The first-order chi connectivity index (χ1) is 8.72. The van der Waals surface area contributed by atoms with Crippen molar-refractivity contribution in [1.82, 2.24) is 10.2 Å². The van der Waals surface area contributed by atoms with Crippen molar-refractivity contribution in [2.75, 3.05) is 33.3 Å². The van der Waals surface area contributed by atoms with Crippen molar-refractivity contribution in [2.24, 2.45) is 0 Å². The molecule has 1 saturated heterocycles. The van der Waals surface area contributed by atoms with Gasteiger partial charge in [0.15, 0.2) is 0 Å². The molecule has 1 aliphatic heterocycles. The molecule has 0 saturated carbocycles. The lowest BCUT2D eigenvalue weighted by Gasteiger charge is -2.27. The van der Waals surface area contributed by atoms with E-state index in [0.29, 0.717) is 0 Å². The third-order valence-corrected chi connectivity index (χ3v) is 4.25. The van der Waals surface area contributed by atoms with E-state index >= 15 is 0 Å². The molecular formula is C13H20N2O2S. The van der Waals surface area contributed by atoms with Gasteiger partial charge in [-0.1, -0.05) is 0 Å². The molecule has 0 aromatic carbocycles. The van der Waals surface area contributed by atoms with Gasteiger partial charge in [-0.15, -0.1) is 11.3 Å². The minimum Gasteiger partial charge on any atom is -0.468 e. The highest BCUT2D eigenvalue weighted by molar-refractivity contribution is 7.12. The predicted molar refractivity (Wildman–Crippen MR) is 72.9 cm³/mol. The van der Waals surface area contributed by atoms with Gasteiger partial charge in [-0.25, -0.2) is 4.79 Å². The summed E-state index contributed by atoms with van der Waals surface area (Å²) in [6.45, 7) is 5.83. The summed E-state index contributed by atoms with van der Waals surface area (Å²) in [5, 5.41) is 3.36. The van der Waals surface area contributed by atoms with E-state index < -0.39 is 0 Å². The predicted octanol–water partition coefficient (Wildman–Crippen LogP) is 1.57. The Labute approximate surface area is 112 Å². The first-order valence-electron chi connectivity index (χ1n) is 6.31. The van der Waals surface area contributed by atoms with E-state index in [4.69, 9.17) is 4.74 Å². The fourth-order valence-corrected chi connectivity index (χ4v) is 3.28. The van der Waals surface area contributed by atoms with Gasteiger partial charge in [-0.2, -0.15) is 0 Å². The van der Waals surface area contributed by atoms with Crippen molar-refractivity contribution in [3.8, 4) is 0 Å². The Balaban J connectivity index is 2.21. The molecule has 1 atom stereocenters. The number of hydrogen-bond acceptors (Lipinski definition) is 5. The Hall–Kier alpha value is -0.910. The molecule has 0 bridgehead atoms. The monoisotopic (exact) mass is 268 g/mol. The van der Waals surface area contributed by atoms with Crippen molar-refractivity contribution >= 4 is 17.3 Å². The van der Waals surface area contributed by atoms with Crippen LogP contribution in [0.5, 0.6) is 0 Å². The van der Waals surface area contributed by atoms with E-state index in [1.807, 2.05) is 6.07 Å². The summed E-state index contributed by atoms with van der Waals surface area (Å²) < 4.78 is 4.98. The topological polar surface area (TPSA) is 41.6 Å². The zero-order valence-electron chi connectivity index (χ0n) is 10.9. The molecule has 0 radical (unpaired) electrons. The summed E-state index contributed by atoms with van der Waals surface area (Å²) in [7, 11) is 1.46. The highest BCUT2D eigenvalue weighted by atomic mass is 32.1. The average Bonchev–Trinajstić information content (AvgIpc) is 2.64. The van der Waals surface area contributed by atoms with Crippen LogP contribution in [-0.2, 0) is 9.53 Å². The van der Waals surface area contributed by atoms with Gasteiger partial charge in [0.25, 0.3) is 0 Å². The van der Waals surface area contributed by atoms with Gasteiger partial charge in [-0.05, 0) is 32.0 Å². The Morgan fingerprint density at radius 3 is 2.94 bits per heavy atom. The van der Waals surface area contributed by atoms with E-state index in [-0.39, 0.29) is 12.0 Å². The smallest absolute Gasteiger partial charge is 0.328 e. The van der Waals surface area contributed by atoms with Gasteiger partial charge >= 0.3 is 5.97 Å². The third kappa shape index (κ3) is 3.10. The third-order valence-electron chi connectivity index (χ3n) is 3.19. The normalized spacial score (nSPS) is 19.2. The molecule has 2 heterocycles. The second-order valence-corrected chi connectivity index (χ2v) is 5.83. The maximum atomic E-state index is 12.1. The van der Waals surface area contributed by atoms with Crippen molar-refractivity contribution in [3.05, 3.63) is 21.9 Å². The number of hydrogen-bond donors (Lipinski definition) is 1. The molecule has 18 heavy (non-hydrogen) atoms. The molecule has 0 aliphatic carbocycles. The van der Waals surface area contributed by atoms with Gasteiger partial charge in [0, 0.05) is 29.4 Å². The Morgan fingerprint density at radius 1 is 1.44 bits per heavy atom. The molecule has 0 spiro atoms. The molecule has 1 aromatic heterocycles. The zero-order valence-corrected chi connectivity index (χ0v) is 11.8. The second-order valence-electron chi connectivity index (χ2n) is 4.51. The molecule has 1 aromatic rings. The number of ether oxygens (including phenoxy) is 1. The largest absolute Gasteiger partial charge is 0.468 e. The molecule has 2 rings (SSSR count). The van der Waals surface area contributed by atoms with E-state index in [0.717, 1.165) is 37.5 Å². The number of esters is 1. The second kappa shape index (κ2) is 6.31. The van der Waals surface area contributed by atoms with E-state index in [1.54, 1.807) is 11.3 Å². The first-order valence-corrected chi connectivity index (χ1v) is 7.13. The highest BCUT2D eigenvalue weighted by Crippen LogP contribution is 2.29. The first kappa shape index (κ1) is 13.5. The van der Waals surface area contributed by atoms with Crippen LogP contribution >= 0.6 is 11.3 Å². The van der Waals surface area contributed by atoms with Crippen LogP contribution in [0.1, 0.15) is 22.2 Å². The Morgan fingerprint density at radius 2 is 2.28 bits per heavy atom. The van der Waals surface area contributed by atoms with Crippen LogP contribution in [-0.4, -0.2) is 44.2 Å². The number of methoxy groups -OCH3 is 1. The molecule has 5 heteroatoms. The molecular weight excluding hydrogens is 248 g/mol. The highest BCUT2D eigenvalue weighted by Gasteiger charge is 2.29. The van der Waals surface area contributed by atoms with Gasteiger partial charge in [0.1, 0.15) is 6.04 Å². The van der Waals surface area contributed by atoms with Crippen LogP contribution in [0.3, 0.4) is 0 Å². The standard InChI is InChI=1S/C13H20N2O2S/c1-10-4-5-11(18-10)12(13(16)17-2)15-8-3-6-14-7-9-15/h4-5,12,14H,3,6-9H2,1-2H3. The summed E-state index contributed by atoms with van der Waals surface area (Å²) in [5.41, 5.74) is 0. The number of carbonyl (C=O) groups is 1. The average molecular weight is 268 g/mol. The van der Waals surface area contributed by atoms with E-state index in [2.05, 4.69) is 23.2 Å². The fraction of sp³-hybridized carbons (Fsp3) is 0.615. The van der Waals surface area contributed by atoms with Gasteiger partial charge in [0.2, 0.25) is 0 Å². The van der Waals surface area contributed by atoms with Crippen molar-refractivity contribution in [3.63, 3.8) is 0 Å². The van der Waals surface area contributed by atoms with Crippen molar-refractivity contribution < 1.29 is 9.53 Å². The molecule has 100 valence electrons. The quantitative estimate of drug-likeness (QED) is 0.845. The van der Waals surface area contributed by atoms with Gasteiger partial charge < -0.3 is 10.1 Å². The molecule has 1 fully saturated rings. The molecule has 1 unspecified atom stereocenters. The van der Waals surface area contributed by atoms with Gasteiger partial charge in [-0.3, -0.25) is 4.90 Å². The summed E-state index contributed by atoms with van der Waals surface area (Å²) in [4.78, 5) is 16.6. The number of aryl methyl sites for hydroxylation is 1. The number of nitrogens with zero attached hydrogens (tertiary/aromatic N) is 1. The van der Waals surface area contributed by atoms with Crippen LogP contribution in [0.25, 0.3) is 0 Å². The lowest BCUT2D eigenvalue weighted by atomic mass is 10.2. The fourth-order valence-electron chi connectivity index (χ4n) is 2.28. The molecule has 4 nitrogen and oxygen atoms in total. The van der Waals surface area contributed by atoms with Crippen LogP contribution < -0.4 is 5.32 Å². The number of nitrogens with one attached hydrogen (secondary N) is 1. The van der Waals surface area contributed by atoms with E-state index in [9.17, 15) is 4.79 Å². The van der Waals surface area contributed by atoms with Crippen LogP contribution in [0.4, 0.5) is 0 Å². The SMILES string of the molecule is COC(=O)C(c1ccc(C)s1)N1CCCNCC1. The van der Waals surface area contributed by atoms with E-state index in [1.165, 1.54) is 12.0 Å². The minimum absolute atomic E-state index is 0.154. The molecule has 1 aliphatic rings. The lowest BCUT2D eigenvalue weighted by Crippen LogP contribution is -2.36. The molecule has 1 N–H and O–H groups in total. The summed E-state index contributed by atoms with van der Waals surface area (Å²) in [6, 6.07) is 3.86. The number of rotatable bonds is 3. The lowest BCUT2D eigenvalue weighted by molar-refractivity contribution is -0.147. The molecule has 0 amide bonds. The summed E-state index contributed by atoms with van der Waals surface area (Å²) in [6.07, 6.45) is 1.07. The van der Waals surface area contributed by atoms with Crippen LogP contribution in [0, 0.1) is 6.92 Å². The number of thiophene rings is 1. The number of carbonyl (C=O) groups excluding carboxylic acids is 1. The van der Waals surface area contributed by atoms with Gasteiger partial charge in [0.05, 0.1) is 7.11 Å². The van der Waals surface area contributed by atoms with Crippen molar-refractivity contribution in [2.45, 2.75) is 19.4 Å². The maximum Gasteiger partial charge on any atom is 0.328 e. The summed E-state index contributed by atoms with van der Waals surface area (Å²) >= 11 is 1.68. The summed E-state index contributed by atoms with van der Waals surface area (Å²) in [5.74, 6) is -0.154. The minimum atomic E-state index is -0.242. The van der Waals surface area contributed by atoms with Crippen LogP contribution in [0.2, 0.25) is 0 Å². The van der Waals surface area contributed by atoms with Crippen molar-refractivity contribution in [1.29, 1.82) is 0 Å².